The molecule has 0 fully saturated rings. The van der Waals surface area contributed by atoms with Gasteiger partial charge in [0.05, 0.1) is 49.4 Å². The van der Waals surface area contributed by atoms with Crippen LogP contribution < -0.4 is 21.2 Å². The molecule has 0 aromatic heterocycles. The zero-order valence-electron chi connectivity index (χ0n) is 19.7. The molecule has 0 heterocycles. The number of hydrogen-bond donors (Lipinski definition) is 0. The van der Waals surface area contributed by atoms with E-state index in [1.807, 2.05) is 0 Å². The van der Waals surface area contributed by atoms with Crippen LogP contribution in [0, 0.1) is 14.9 Å². The van der Waals surface area contributed by atoms with Crippen molar-refractivity contribution in [3.05, 3.63) is 136 Å². The second-order valence-electron chi connectivity index (χ2n) is 7.63. The van der Waals surface area contributed by atoms with Crippen LogP contribution >= 0.6 is 15.8 Å². The van der Waals surface area contributed by atoms with Gasteiger partial charge < -0.3 is 14.9 Å². The van der Waals surface area contributed by atoms with Crippen molar-refractivity contribution in [1.29, 1.82) is 0 Å². The molecule has 0 aliphatic heterocycles. The number of benzene rings is 4. The topological polar surface area (TPSA) is 0 Å². The summed E-state index contributed by atoms with van der Waals surface area (Å²) < 4.78 is 0. The molecular weight excluding hydrogens is 525 g/mol. The minimum absolute atomic E-state index is 0. The molecule has 0 radical (unpaired) electrons. The van der Waals surface area contributed by atoms with E-state index in [1.165, 1.54) is 46.4 Å². The molecule has 4 aromatic rings. The fourth-order valence-electron chi connectivity index (χ4n) is 4.07. The molecule has 0 spiro atoms. The summed E-state index contributed by atoms with van der Waals surface area (Å²) >= 11 is 0. The Balaban J connectivity index is 0.00000181. The maximum absolute atomic E-state index is 2.32. The van der Waals surface area contributed by atoms with Crippen molar-refractivity contribution in [3.8, 4) is 0 Å². The summed E-state index contributed by atoms with van der Waals surface area (Å²) in [7, 11) is -1.43. The second kappa shape index (κ2) is 16.1. The minimum atomic E-state index is -0.714. The molecule has 0 unspecified atom stereocenters. The molecule has 4 rings (SSSR count). The molecule has 172 valence electrons. The van der Waals surface area contributed by atoms with Gasteiger partial charge >= 0.3 is 19.5 Å². The van der Waals surface area contributed by atoms with Gasteiger partial charge in [-0.3, -0.25) is 0 Å². The van der Waals surface area contributed by atoms with E-state index in [1.54, 1.807) is 0 Å². The minimum Gasteiger partial charge on any atom is -0.358 e. The fraction of sp³-hybridized carbons (Fsp3) is 0.133. The zero-order valence-corrected chi connectivity index (χ0v) is 23.3. The van der Waals surface area contributed by atoms with Crippen LogP contribution in [0.4, 0.5) is 0 Å². The summed E-state index contributed by atoms with van der Waals surface area (Å²) in [6, 6.07) is 44.6. The Labute approximate surface area is 217 Å². The first kappa shape index (κ1) is 29.4. The molecule has 0 N–H and O–H groups in total. The van der Waals surface area contributed by atoms with Crippen LogP contribution in [0.25, 0.3) is 0 Å². The number of unbranched alkanes of at least 4 members (excludes halogenated alkanes) is 1. The van der Waals surface area contributed by atoms with Crippen molar-refractivity contribution in [2.24, 2.45) is 0 Å². The zero-order chi connectivity index (χ0) is 20.4. The van der Waals surface area contributed by atoms with Gasteiger partial charge in [-0.25, -0.2) is 0 Å². The summed E-state index contributed by atoms with van der Waals surface area (Å²) in [5.74, 6) is 0. The average Bonchev–Trinajstić information content (AvgIpc) is 2.84. The van der Waals surface area contributed by atoms with Gasteiger partial charge in [0, 0.05) is 0 Å². The van der Waals surface area contributed by atoms with Crippen LogP contribution in [-0.2, 0) is 19.5 Å². The smallest absolute Gasteiger partial charge is 0.358 e. The second-order valence-corrected chi connectivity index (χ2v) is 12.9. The van der Waals surface area contributed by atoms with Crippen LogP contribution in [0.15, 0.2) is 121 Å². The molecule has 0 nitrogen and oxygen atoms in total. The van der Waals surface area contributed by atoms with Gasteiger partial charge in [0.25, 0.3) is 0 Å². The number of rotatable bonds is 9. The molecule has 0 aliphatic rings. The Kier molecular flexibility index (Phi) is 14.3. The van der Waals surface area contributed by atoms with Gasteiger partial charge in [0.1, 0.15) is 0 Å². The Morgan fingerprint density at radius 3 is 0.788 bits per heavy atom. The molecule has 0 aliphatic carbocycles. The first-order valence-corrected chi connectivity index (χ1v) is 14.3. The summed E-state index contributed by atoms with van der Waals surface area (Å²) in [5, 5.41) is 6.13. The van der Waals surface area contributed by atoms with Crippen LogP contribution in [0.5, 0.6) is 0 Å². The van der Waals surface area contributed by atoms with Crippen LogP contribution in [0.3, 0.4) is 0 Å². The molecule has 0 saturated carbocycles. The summed E-state index contributed by atoms with van der Waals surface area (Å²) in [6.45, 7) is 0. The van der Waals surface area contributed by atoms with Gasteiger partial charge in [-0.2, -0.15) is 0 Å². The van der Waals surface area contributed by atoms with Crippen molar-refractivity contribution < 1.29 is 19.5 Å². The van der Waals surface area contributed by atoms with E-state index in [4.69, 9.17) is 0 Å². The molecular formula is C30H36P2Rh+3. The van der Waals surface area contributed by atoms with E-state index in [0.29, 0.717) is 0 Å². The van der Waals surface area contributed by atoms with E-state index in [2.05, 4.69) is 121 Å². The summed E-state index contributed by atoms with van der Waals surface area (Å²) in [4.78, 5) is 0. The Morgan fingerprint density at radius 2 is 0.576 bits per heavy atom. The van der Waals surface area contributed by atoms with E-state index in [9.17, 15) is 0 Å². The van der Waals surface area contributed by atoms with Crippen molar-refractivity contribution >= 4 is 37.1 Å². The van der Waals surface area contributed by atoms with Crippen LogP contribution in [-0.4, -0.2) is 12.3 Å². The SMILES string of the molecule is [CH3-].[CH3-].[Rh+3].c1ccc([PH+](CCCC[PH+](c2ccccc2)c2ccccc2)c2ccccc2)cc1. The number of hydrogen-bond acceptors (Lipinski definition) is 0. The van der Waals surface area contributed by atoms with Gasteiger partial charge in [0.2, 0.25) is 0 Å². The molecule has 0 saturated heterocycles. The van der Waals surface area contributed by atoms with Gasteiger partial charge in [-0.05, 0) is 61.4 Å². The van der Waals surface area contributed by atoms with Gasteiger partial charge in [0.15, 0.2) is 0 Å². The third-order valence-electron chi connectivity index (χ3n) is 5.59. The molecule has 0 atom stereocenters. The van der Waals surface area contributed by atoms with E-state index < -0.39 is 15.8 Å². The summed E-state index contributed by atoms with van der Waals surface area (Å²) in [5.41, 5.74) is 0. The quantitative estimate of drug-likeness (QED) is 0.0962. The van der Waals surface area contributed by atoms with Crippen molar-refractivity contribution in [3.63, 3.8) is 0 Å². The van der Waals surface area contributed by atoms with E-state index in [0.717, 1.165) is 0 Å². The van der Waals surface area contributed by atoms with Crippen molar-refractivity contribution in [2.45, 2.75) is 12.8 Å². The van der Waals surface area contributed by atoms with Crippen LogP contribution in [0.1, 0.15) is 12.8 Å². The van der Waals surface area contributed by atoms with Crippen molar-refractivity contribution in [2.75, 3.05) is 12.3 Å². The third kappa shape index (κ3) is 8.58. The Hall–Kier alpha value is -1.64. The molecule has 0 bridgehead atoms. The molecule has 3 heteroatoms. The Morgan fingerprint density at radius 1 is 0.364 bits per heavy atom. The monoisotopic (exact) mass is 561 g/mol. The summed E-state index contributed by atoms with van der Waals surface area (Å²) in [6.07, 6.45) is 5.20. The van der Waals surface area contributed by atoms with Crippen molar-refractivity contribution in [1.82, 2.24) is 0 Å². The van der Waals surface area contributed by atoms with E-state index in [-0.39, 0.29) is 34.3 Å². The standard InChI is InChI=1S/C28H28P2.2CH3.Rh/c1-5-15-25(16-6-1)29(26-17-7-2-8-18-26)23-13-14-24-30(27-19-9-3-10-20-27)28-21-11-4-12-22-28;;;/h1-12,15-22H,13-14,23-24H2;2*1H3;/q;2*-1;+3/p+2. The fourth-order valence-corrected chi connectivity index (χ4v) is 9.48. The van der Waals surface area contributed by atoms with Gasteiger partial charge in [-0.1, -0.05) is 72.8 Å². The Bertz CT molecular complexity index is 828. The molecule has 4 aromatic carbocycles. The molecule has 0 amide bonds. The predicted molar refractivity (Wildman–Crippen MR) is 153 cm³/mol. The average molecular weight is 561 g/mol. The maximum atomic E-state index is 2.32. The molecule has 33 heavy (non-hydrogen) atoms. The largest absolute Gasteiger partial charge is 3.00 e. The third-order valence-corrected chi connectivity index (χ3v) is 11.4. The predicted octanol–water partition coefficient (Wildman–Crippen LogP) is 6.40. The van der Waals surface area contributed by atoms with Crippen LogP contribution in [0.2, 0.25) is 0 Å². The first-order valence-electron chi connectivity index (χ1n) is 10.8. The normalized spacial score (nSPS) is 10.1. The van der Waals surface area contributed by atoms with Gasteiger partial charge in [-0.15, -0.1) is 0 Å². The van der Waals surface area contributed by atoms with E-state index >= 15 is 0 Å². The first-order chi connectivity index (χ1) is 14.9. The maximum Gasteiger partial charge on any atom is 3.00 e.